The lowest BCUT2D eigenvalue weighted by Gasteiger charge is -2.28. The van der Waals surface area contributed by atoms with Gasteiger partial charge < -0.3 is 19.1 Å². The number of aromatic nitrogens is 1. The predicted molar refractivity (Wildman–Crippen MR) is 113 cm³/mol. The van der Waals surface area contributed by atoms with Gasteiger partial charge in [0.15, 0.2) is 0 Å². The summed E-state index contributed by atoms with van der Waals surface area (Å²) in [6.45, 7) is 9.73. The Bertz CT molecular complexity index is 851. The van der Waals surface area contributed by atoms with E-state index in [1.165, 1.54) is 5.56 Å². The van der Waals surface area contributed by atoms with Crippen LogP contribution in [-0.2, 0) is 16.1 Å². The maximum Gasteiger partial charge on any atom is 0.233 e. The molecule has 1 saturated carbocycles. The summed E-state index contributed by atoms with van der Waals surface area (Å²) in [6.07, 6.45) is 2.75. The second-order valence-electron chi connectivity index (χ2n) is 8.63. The number of aryl methyl sites for hydroxylation is 1. The number of nitrogens with zero attached hydrogens (tertiary/aromatic N) is 3. The van der Waals surface area contributed by atoms with Crippen molar-refractivity contribution in [3.8, 4) is 11.3 Å². The molecule has 6 heteroatoms. The predicted octanol–water partition coefficient (Wildman–Crippen LogP) is 4.02. The molecule has 0 atom stereocenters. The van der Waals surface area contributed by atoms with E-state index in [1.807, 2.05) is 6.07 Å². The third kappa shape index (κ3) is 4.64. The van der Waals surface area contributed by atoms with E-state index in [0.29, 0.717) is 38.1 Å². The Kier molecular flexibility index (Phi) is 5.90. The van der Waals surface area contributed by atoms with Gasteiger partial charge in [-0.1, -0.05) is 42.8 Å². The minimum Gasteiger partial charge on any atom is -0.378 e. The summed E-state index contributed by atoms with van der Waals surface area (Å²) in [5, 5.41) is 4.46. The number of carbonyl (C=O) groups excluding carboxylic acids is 1. The van der Waals surface area contributed by atoms with Crippen LogP contribution in [0.5, 0.6) is 0 Å². The summed E-state index contributed by atoms with van der Waals surface area (Å²) in [6, 6.07) is 8.66. The molecule has 1 saturated heterocycles. The summed E-state index contributed by atoms with van der Waals surface area (Å²) in [5.74, 6) is 1.36. The number of hydrogen-bond acceptors (Lipinski definition) is 5. The van der Waals surface area contributed by atoms with Crippen LogP contribution in [0.1, 0.15) is 44.2 Å². The zero-order valence-electron chi connectivity index (χ0n) is 17.7. The summed E-state index contributed by atoms with van der Waals surface area (Å²) in [5.41, 5.74) is 4.08. The molecule has 2 aromatic rings. The molecule has 1 aliphatic carbocycles. The third-order valence-electron chi connectivity index (χ3n) is 5.58. The van der Waals surface area contributed by atoms with Crippen LogP contribution >= 0.6 is 0 Å². The smallest absolute Gasteiger partial charge is 0.233 e. The van der Waals surface area contributed by atoms with Gasteiger partial charge >= 0.3 is 0 Å². The lowest BCUT2D eigenvalue weighted by Crippen LogP contribution is -2.38. The van der Waals surface area contributed by atoms with Gasteiger partial charge in [0.05, 0.1) is 25.3 Å². The first-order valence-electron chi connectivity index (χ1n) is 10.7. The Hall–Kier alpha value is -2.34. The molecule has 156 valence electrons. The van der Waals surface area contributed by atoms with Crippen LogP contribution in [0.2, 0.25) is 0 Å². The standard InChI is InChI=1S/C23H31N3O3/c1-16(2)13-21(27)26(19-7-8-19)15-20-22(18-6-4-5-17(3)14-18)24-29-23(20)25-9-11-28-12-10-25/h4-6,14,16,19H,7-13,15H2,1-3H3. The molecule has 2 heterocycles. The molecule has 1 aromatic carbocycles. The fraction of sp³-hybridized carbons (Fsp3) is 0.565. The molecule has 0 bridgehead atoms. The molecule has 1 aliphatic heterocycles. The third-order valence-corrected chi connectivity index (χ3v) is 5.58. The van der Waals surface area contributed by atoms with Gasteiger partial charge in [0.2, 0.25) is 11.8 Å². The number of morpholine rings is 1. The van der Waals surface area contributed by atoms with Crippen LogP contribution in [-0.4, -0.2) is 48.3 Å². The van der Waals surface area contributed by atoms with Gasteiger partial charge in [-0.15, -0.1) is 0 Å². The molecule has 0 spiro atoms. The number of ether oxygens (including phenoxy) is 1. The zero-order chi connectivity index (χ0) is 20.4. The van der Waals surface area contributed by atoms with Crippen LogP contribution < -0.4 is 4.90 Å². The minimum absolute atomic E-state index is 0.229. The van der Waals surface area contributed by atoms with Crippen LogP contribution in [0.15, 0.2) is 28.8 Å². The van der Waals surface area contributed by atoms with Crippen LogP contribution in [0.3, 0.4) is 0 Å². The molecule has 6 nitrogen and oxygen atoms in total. The van der Waals surface area contributed by atoms with Crippen molar-refractivity contribution in [1.29, 1.82) is 0 Å². The van der Waals surface area contributed by atoms with E-state index in [-0.39, 0.29) is 5.91 Å². The van der Waals surface area contributed by atoms with Crippen molar-refractivity contribution in [2.75, 3.05) is 31.2 Å². The first kappa shape index (κ1) is 20.0. The van der Waals surface area contributed by atoms with Crippen molar-refractivity contribution in [2.24, 2.45) is 5.92 Å². The first-order valence-corrected chi connectivity index (χ1v) is 10.7. The molecule has 1 aromatic heterocycles. The van der Waals surface area contributed by atoms with Gasteiger partial charge in [0.1, 0.15) is 5.69 Å². The Morgan fingerprint density at radius 1 is 1.28 bits per heavy atom. The Labute approximate surface area is 172 Å². The highest BCUT2D eigenvalue weighted by Gasteiger charge is 2.35. The number of anilines is 1. The molecule has 0 unspecified atom stereocenters. The second-order valence-corrected chi connectivity index (χ2v) is 8.63. The first-order chi connectivity index (χ1) is 14.0. The largest absolute Gasteiger partial charge is 0.378 e. The minimum atomic E-state index is 0.229. The molecule has 0 N–H and O–H groups in total. The highest BCUT2D eigenvalue weighted by Crippen LogP contribution is 2.37. The number of carbonyl (C=O) groups is 1. The Balaban J connectivity index is 1.70. The van der Waals surface area contributed by atoms with E-state index in [1.54, 1.807) is 0 Å². The highest BCUT2D eigenvalue weighted by atomic mass is 16.5. The maximum atomic E-state index is 13.0. The lowest BCUT2D eigenvalue weighted by atomic mass is 10.0. The molecule has 1 amide bonds. The quantitative estimate of drug-likeness (QED) is 0.706. The van der Waals surface area contributed by atoms with E-state index in [0.717, 1.165) is 48.6 Å². The van der Waals surface area contributed by atoms with Gasteiger partial charge in [-0.05, 0) is 31.7 Å². The Morgan fingerprint density at radius 3 is 2.69 bits per heavy atom. The fourth-order valence-corrected chi connectivity index (χ4v) is 3.92. The van der Waals surface area contributed by atoms with E-state index < -0.39 is 0 Å². The lowest BCUT2D eigenvalue weighted by molar-refractivity contribution is -0.133. The van der Waals surface area contributed by atoms with Gasteiger partial charge in [0.25, 0.3) is 0 Å². The van der Waals surface area contributed by atoms with E-state index >= 15 is 0 Å². The normalized spacial score (nSPS) is 17.0. The summed E-state index contributed by atoms with van der Waals surface area (Å²) in [7, 11) is 0. The highest BCUT2D eigenvalue weighted by molar-refractivity contribution is 5.78. The average Bonchev–Trinajstić information content (AvgIpc) is 3.45. The van der Waals surface area contributed by atoms with Crippen molar-refractivity contribution < 1.29 is 14.1 Å². The molecular weight excluding hydrogens is 366 g/mol. The van der Waals surface area contributed by atoms with Crippen molar-refractivity contribution in [2.45, 2.75) is 52.6 Å². The van der Waals surface area contributed by atoms with Crippen molar-refractivity contribution >= 4 is 11.8 Å². The topological polar surface area (TPSA) is 58.8 Å². The van der Waals surface area contributed by atoms with Crippen molar-refractivity contribution in [3.63, 3.8) is 0 Å². The molecular formula is C23H31N3O3. The number of rotatable bonds is 7. The molecule has 29 heavy (non-hydrogen) atoms. The fourth-order valence-electron chi connectivity index (χ4n) is 3.92. The Morgan fingerprint density at radius 2 is 2.03 bits per heavy atom. The van der Waals surface area contributed by atoms with E-state index in [4.69, 9.17) is 9.26 Å². The average molecular weight is 398 g/mol. The number of hydrogen-bond donors (Lipinski definition) is 0. The molecule has 2 fully saturated rings. The van der Waals surface area contributed by atoms with Gasteiger partial charge in [-0.25, -0.2) is 0 Å². The van der Waals surface area contributed by atoms with Crippen LogP contribution in [0.25, 0.3) is 11.3 Å². The molecule has 4 rings (SSSR count). The summed E-state index contributed by atoms with van der Waals surface area (Å²) >= 11 is 0. The van der Waals surface area contributed by atoms with E-state index in [9.17, 15) is 4.79 Å². The second kappa shape index (κ2) is 8.57. The molecule has 2 aliphatic rings. The van der Waals surface area contributed by atoms with Crippen LogP contribution in [0, 0.1) is 12.8 Å². The van der Waals surface area contributed by atoms with Gasteiger partial charge in [-0.2, -0.15) is 0 Å². The SMILES string of the molecule is Cc1cccc(-c2noc(N3CCOCC3)c2CN(C(=O)CC(C)C)C2CC2)c1. The zero-order valence-corrected chi connectivity index (χ0v) is 17.7. The molecule has 0 radical (unpaired) electrons. The van der Waals surface area contributed by atoms with Gasteiger partial charge in [-0.3, -0.25) is 4.79 Å². The maximum absolute atomic E-state index is 13.0. The summed E-state index contributed by atoms with van der Waals surface area (Å²) < 4.78 is 11.4. The van der Waals surface area contributed by atoms with Crippen LogP contribution in [0.4, 0.5) is 5.88 Å². The summed E-state index contributed by atoms with van der Waals surface area (Å²) in [4.78, 5) is 17.2. The van der Waals surface area contributed by atoms with Crippen molar-refractivity contribution in [3.05, 3.63) is 35.4 Å². The monoisotopic (exact) mass is 397 g/mol. The number of amides is 1. The number of benzene rings is 1. The van der Waals surface area contributed by atoms with Gasteiger partial charge in [0, 0.05) is 31.1 Å². The van der Waals surface area contributed by atoms with E-state index in [2.05, 4.69) is 53.9 Å². The van der Waals surface area contributed by atoms with Crippen molar-refractivity contribution in [1.82, 2.24) is 10.1 Å².